The Balaban J connectivity index is 1.01. The maximum atomic E-state index is 12.9. The highest BCUT2D eigenvalue weighted by Crippen LogP contribution is 2.39. The fraction of sp³-hybridized carbons (Fsp3) is 0.966. The second-order valence-corrected chi connectivity index (χ2v) is 26.7. The first-order chi connectivity index (χ1) is 50.2. The van der Waals surface area contributed by atoms with Crippen LogP contribution in [0, 0.1) is 0 Å². The minimum absolute atomic E-state index is 0.782. The first-order valence-corrected chi connectivity index (χ1v) is 33.7. The van der Waals surface area contributed by atoms with E-state index in [-0.39, 0.29) is 0 Å². The third-order valence-electron chi connectivity index (χ3n) is 19.5. The van der Waals surface area contributed by atoms with Crippen LogP contribution in [0.5, 0.6) is 0 Å². The zero-order valence-corrected chi connectivity index (χ0v) is 56.2. The van der Waals surface area contributed by atoms with E-state index in [0.29, 0.717) is 0 Å². The molecule has 616 valence electrons. The summed E-state index contributed by atoms with van der Waals surface area (Å²) in [6.45, 7) is -7.60. The normalized spacial score (nSPS) is 51.2. The van der Waals surface area contributed by atoms with E-state index in [1.165, 1.54) is 0 Å². The van der Waals surface area contributed by atoms with Gasteiger partial charge in [0.25, 0.3) is 0 Å². The lowest BCUT2D eigenvalue weighted by atomic mass is 9.94. The van der Waals surface area contributed by atoms with Gasteiger partial charge in [0, 0.05) is 13.8 Å². The SMILES string of the molecule is CC(=O)N[C@H]1[C@H](O[C@H]2[C@H](O)[C@@H](NC(C)=O)C(O)O[C@@H]2CO)O[C@H](CO)[C@@H](O[C@@H]2O[C@H](CO[C@H]3O[C@H](CO[C@H]4O[C@H](CO)[C@@H](O)[C@H](O)[C@@H]4O[C@H]4O[C@H](CO)[C@@H](O)[C@H](O)[C@@H]4O)[C@@H](O)[C@H](O)[C@@H]3O)[C@@H](O)[C@H](O[C@H]3O[C@H](CO)[C@@H](O)[C@H](O)[C@@H]3O[C@H]3O[C@H](CO)[C@@H](O)[C@@H](O)[C@@H]3O[C@H]3O[C@H](CO)[C@@H](O)[C@H](O)[C@@H]3O)[C@@H]2O)[C@@H]1O. The van der Waals surface area contributed by atoms with E-state index in [1.807, 2.05) is 0 Å². The Morgan fingerprint density at radius 3 is 0.953 bits per heavy atom. The van der Waals surface area contributed by atoms with Crippen LogP contribution in [-0.2, 0) is 90.1 Å². The van der Waals surface area contributed by atoms with Crippen LogP contribution in [0.3, 0.4) is 0 Å². The average Bonchev–Trinajstić information content (AvgIpc) is 0.774. The molecule has 0 spiro atoms. The van der Waals surface area contributed by atoms with Gasteiger partial charge >= 0.3 is 0 Å². The number of hydrogen-bond donors (Lipinski definition) is 29. The molecule has 9 fully saturated rings. The van der Waals surface area contributed by atoms with Crippen LogP contribution in [0.15, 0.2) is 0 Å². The topological polar surface area (TPSA) is 761 Å². The average molecular weight is 1560 g/mol. The van der Waals surface area contributed by atoms with Gasteiger partial charge in [0.05, 0.1) is 59.5 Å². The molecule has 2 amide bonds. The number of aliphatic hydroxyl groups is 27. The third-order valence-corrected chi connectivity index (χ3v) is 19.5. The Hall–Kier alpha value is -2.82. The second kappa shape index (κ2) is 37.9. The molecule has 9 heterocycles. The molecule has 0 aromatic heterocycles. The molecule has 45 atom stereocenters. The molecule has 48 nitrogen and oxygen atoms in total. The first-order valence-electron chi connectivity index (χ1n) is 33.7. The molecule has 48 heteroatoms. The van der Waals surface area contributed by atoms with E-state index >= 15 is 0 Å². The van der Waals surface area contributed by atoms with Crippen molar-refractivity contribution in [3.8, 4) is 0 Å². The van der Waals surface area contributed by atoms with Gasteiger partial charge in [0.1, 0.15) is 220 Å². The lowest BCUT2D eigenvalue weighted by Gasteiger charge is -2.51. The monoisotopic (exact) mass is 1560 g/mol. The molecule has 0 bridgehead atoms. The molecule has 0 saturated carbocycles. The Bertz CT molecular complexity index is 2710. The highest BCUT2D eigenvalue weighted by molar-refractivity contribution is 5.73. The van der Waals surface area contributed by atoms with E-state index in [9.17, 15) is 147 Å². The first kappa shape index (κ1) is 87.2. The van der Waals surface area contributed by atoms with Crippen molar-refractivity contribution in [1.29, 1.82) is 0 Å². The number of amides is 2. The summed E-state index contributed by atoms with van der Waals surface area (Å²) in [5.41, 5.74) is 0. The van der Waals surface area contributed by atoms with Crippen molar-refractivity contribution in [3.05, 3.63) is 0 Å². The smallest absolute Gasteiger partial charge is 0.217 e. The van der Waals surface area contributed by atoms with Crippen LogP contribution in [0.1, 0.15) is 13.8 Å². The van der Waals surface area contributed by atoms with Crippen molar-refractivity contribution in [3.63, 3.8) is 0 Å². The van der Waals surface area contributed by atoms with Gasteiger partial charge in [0.15, 0.2) is 56.6 Å². The number of hydrogen-bond acceptors (Lipinski definition) is 46. The molecule has 29 N–H and O–H groups in total. The summed E-state index contributed by atoms with van der Waals surface area (Å²) in [6.07, 6.45) is -89.8. The fourth-order valence-corrected chi connectivity index (χ4v) is 13.5. The largest absolute Gasteiger partial charge is 0.394 e. The molecule has 1 unspecified atom stereocenters. The van der Waals surface area contributed by atoms with Crippen LogP contribution >= 0.6 is 0 Å². The Labute approximate surface area is 598 Å². The number of nitrogens with one attached hydrogen (secondary N) is 2. The second-order valence-electron chi connectivity index (χ2n) is 26.7. The fourth-order valence-electron chi connectivity index (χ4n) is 13.5. The summed E-state index contributed by atoms with van der Waals surface area (Å²) in [4.78, 5) is 25.0. The Morgan fingerprint density at radius 2 is 0.519 bits per heavy atom. The van der Waals surface area contributed by atoms with Gasteiger partial charge in [-0.05, 0) is 0 Å². The number of aliphatic hydroxyl groups excluding tert-OH is 27. The molecule has 9 saturated heterocycles. The van der Waals surface area contributed by atoms with E-state index in [0.717, 1.165) is 13.8 Å². The minimum Gasteiger partial charge on any atom is -0.394 e. The van der Waals surface area contributed by atoms with Crippen molar-refractivity contribution in [1.82, 2.24) is 10.6 Å². The molecule has 0 aromatic rings. The maximum Gasteiger partial charge on any atom is 0.217 e. The molecule has 9 aliphatic heterocycles. The summed E-state index contributed by atoms with van der Waals surface area (Å²) in [6, 6.07) is -3.54. The predicted molar refractivity (Wildman–Crippen MR) is 320 cm³/mol. The number of carbonyl (C=O) groups is 2. The summed E-state index contributed by atoms with van der Waals surface area (Å²) in [5, 5.41) is 300. The molecule has 0 aromatic carbocycles. The Kier molecular flexibility index (Phi) is 31.1. The zero-order valence-electron chi connectivity index (χ0n) is 56.2. The number of carbonyl (C=O) groups excluding carboxylic acids is 2. The van der Waals surface area contributed by atoms with Crippen molar-refractivity contribution >= 4 is 11.8 Å². The molecule has 0 radical (unpaired) electrons. The van der Waals surface area contributed by atoms with Crippen molar-refractivity contribution in [2.24, 2.45) is 0 Å². The molecular formula is C58H98N2O46. The van der Waals surface area contributed by atoms with Crippen LogP contribution in [0.4, 0.5) is 0 Å². The van der Waals surface area contributed by atoms with Crippen LogP contribution in [0.25, 0.3) is 0 Å². The highest BCUT2D eigenvalue weighted by Gasteiger charge is 2.60. The molecule has 9 rings (SSSR count). The number of ether oxygens (including phenoxy) is 17. The Morgan fingerprint density at radius 1 is 0.245 bits per heavy atom. The summed E-state index contributed by atoms with van der Waals surface area (Å²) < 4.78 is 98.7. The summed E-state index contributed by atoms with van der Waals surface area (Å²) in [7, 11) is 0. The van der Waals surface area contributed by atoms with Gasteiger partial charge in [-0.2, -0.15) is 0 Å². The van der Waals surface area contributed by atoms with E-state index in [1.54, 1.807) is 0 Å². The van der Waals surface area contributed by atoms with Gasteiger partial charge in [0.2, 0.25) is 11.8 Å². The lowest BCUT2D eigenvalue weighted by Crippen LogP contribution is -2.70. The third kappa shape index (κ3) is 18.7. The van der Waals surface area contributed by atoms with Crippen LogP contribution in [-0.4, -0.2) is 485 Å². The van der Waals surface area contributed by atoms with Crippen molar-refractivity contribution < 1.29 is 228 Å². The molecule has 0 aliphatic carbocycles. The predicted octanol–water partition coefficient (Wildman–Crippen LogP) is -20.3. The van der Waals surface area contributed by atoms with E-state index < -0.39 is 348 Å². The van der Waals surface area contributed by atoms with Gasteiger partial charge in [-0.15, -0.1) is 0 Å². The maximum absolute atomic E-state index is 12.9. The molecule has 9 aliphatic rings. The van der Waals surface area contributed by atoms with E-state index in [2.05, 4.69) is 10.6 Å². The van der Waals surface area contributed by atoms with Gasteiger partial charge < -0.3 is 229 Å². The standard InChI is InChI=1S/C58H98N2O46/c1-12(68)59-23-32(77)44(19(8-66)92-50(23)89)101-51-24(60-13(2)69)33(78)45(20(9-67)98-51)102-55-43(88)46(103-57-49(39(84)29(74)17(6-64)96-57)106-58-48(38(83)28(73)18(7-65)97-58)105-54-42(87)35(80)26(71)15(4-62)94-54)31(76)22(100-55)11-90-52-40(85)36(81)30(75)21(99-52)10-91-56-47(37(82)27(72)16(5-63)95-56)104-53-41(86)34(79)25(70)14(3-61)93-53/h14-58,61-67,70-89H,3-11H2,1-2H3,(H,59,68)(H,60,69)/t14-,15-,16-,17-,18-,19-,20-,21-,22-,23-,24-,25-,26-,27-,28-,29-,30-,31-,32-,33-,34+,35+,36+,37+,38-,39+,40+,41+,42+,43+,44-,45-,46+,47+,48+,49+,50?,51+,52+,53-,54-,55+,56+,57-,58-/m1/s1. The molecule has 106 heavy (non-hydrogen) atoms. The quantitative estimate of drug-likeness (QED) is 0.0363. The highest BCUT2D eigenvalue weighted by atomic mass is 16.8. The van der Waals surface area contributed by atoms with Crippen molar-refractivity contribution in [2.45, 2.75) is 290 Å². The van der Waals surface area contributed by atoms with Gasteiger partial charge in [-0.1, -0.05) is 0 Å². The zero-order chi connectivity index (χ0) is 77.9. The molecular weight excluding hydrogens is 1460 g/mol. The van der Waals surface area contributed by atoms with Crippen LogP contribution in [0.2, 0.25) is 0 Å². The number of rotatable bonds is 27. The van der Waals surface area contributed by atoms with Gasteiger partial charge in [-0.25, -0.2) is 0 Å². The van der Waals surface area contributed by atoms with E-state index in [4.69, 9.17) is 80.5 Å². The minimum atomic E-state index is -2.55. The summed E-state index contributed by atoms with van der Waals surface area (Å²) >= 11 is 0. The van der Waals surface area contributed by atoms with Crippen molar-refractivity contribution in [2.75, 3.05) is 59.5 Å². The summed E-state index contributed by atoms with van der Waals surface area (Å²) in [5.74, 6) is -1.72. The van der Waals surface area contributed by atoms with Gasteiger partial charge in [-0.3, -0.25) is 9.59 Å². The van der Waals surface area contributed by atoms with Crippen LogP contribution < -0.4 is 10.6 Å². The lowest BCUT2D eigenvalue weighted by molar-refractivity contribution is -0.407.